The van der Waals surface area contributed by atoms with Crippen LogP contribution in [0.25, 0.3) is 0 Å². The summed E-state index contributed by atoms with van der Waals surface area (Å²) in [7, 11) is 0. The highest BCUT2D eigenvalue weighted by atomic mass is 79.9. The number of aromatic nitrogens is 1. The average molecular weight is 269 g/mol. The van der Waals surface area contributed by atoms with Crippen LogP contribution in [-0.4, -0.2) is 22.9 Å². The molecule has 1 fully saturated rings. The maximum absolute atomic E-state index is 4.39. The molecule has 0 radical (unpaired) electrons. The van der Waals surface area contributed by atoms with Gasteiger partial charge in [-0.15, -0.1) is 0 Å². The summed E-state index contributed by atoms with van der Waals surface area (Å²) in [6.45, 7) is 4.52. The monoisotopic (exact) mass is 268 g/mol. The largest absolute Gasteiger partial charge is 0.357 e. The Morgan fingerprint density at radius 2 is 2.13 bits per heavy atom. The second-order valence-corrected chi connectivity index (χ2v) is 5.63. The van der Waals surface area contributed by atoms with Gasteiger partial charge in [-0.2, -0.15) is 0 Å². The Labute approximate surface area is 99.8 Å². The van der Waals surface area contributed by atoms with Gasteiger partial charge in [0, 0.05) is 24.1 Å². The molecule has 0 amide bonds. The molecule has 0 aliphatic carbocycles. The third-order valence-electron chi connectivity index (χ3n) is 3.16. The van der Waals surface area contributed by atoms with Crippen LogP contribution in [-0.2, 0) is 0 Å². The molecule has 0 N–H and O–H groups in total. The van der Waals surface area contributed by atoms with Crippen LogP contribution in [0.3, 0.4) is 0 Å². The van der Waals surface area contributed by atoms with Crippen molar-refractivity contribution < 1.29 is 0 Å². The molecule has 1 atom stereocenters. The normalized spacial score (nSPS) is 20.3. The van der Waals surface area contributed by atoms with E-state index in [1.54, 1.807) is 0 Å². The molecule has 0 aromatic carbocycles. The first-order valence-corrected chi connectivity index (χ1v) is 6.49. The smallest absolute Gasteiger partial charge is 0.128 e. The van der Waals surface area contributed by atoms with Crippen molar-refractivity contribution in [1.29, 1.82) is 0 Å². The summed E-state index contributed by atoms with van der Waals surface area (Å²) < 4.78 is 0. The molecule has 82 valence electrons. The zero-order chi connectivity index (χ0) is 10.7. The minimum atomic E-state index is 0.642. The van der Waals surface area contributed by atoms with Crippen LogP contribution in [0.15, 0.2) is 24.4 Å². The predicted molar refractivity (Wildman–Crippen MR) is 67.6 cm³/mol. The third kappa shape index (κ3) is 2.71. The predicted octanol–water partition coefficient (Wildman–Crippen LogP) is 3.08. The number of halogens is 1. The van der Waals surface area contributed by atoms with Crippen molar-refractivity contribution in [2.75, 3.05) is 18.0 Å². The topological polar surface area (TPSA) is 16.1 Å². The van der Waals surface area contributed by atoms with Crippen LogP contribution >= 0.6 is 15.9 Å². The molecule has 15 heavy (non-hydrogen) atoms. The Kier molecular flexibility index (Phi) is 3.62. The van der Waals surface area contributed by atoms with Crippen LogP contribution in [0.4, 0.5) is 5.82 Å². The molecule has 2 heterocycles. The van der Waals surface area contributed by atoms with E-state index in [1.165, 1.54) is 12.8 Å². The molecule has 3 heteroatoms. The van der Waals surface area contributed by atoms with Gasteiger partial charge in [0.25, 0.3) is 0 Å². The Balaban J connectivity index is 1.94. The second kappa shape index (κ2) is 4.97. The number of pyridine rings is 1. The van der Waals surface area contributed by atoms with Gasteiger partial charge in [-0.1, -0.05) is 28.9 Å². The fourth-order valence-corrected chi connectivity index (χ4v) is 2.66. The van der Waals surface area contributed by atoms with E-state index in [-0.39, 0.29) is 0 Å². The van der Waals surface area contributed by atoms with Crippen LogP contribution in [0.5, 0.6) is 0 Å². The van der Waals surface area contributed by atoms with E-state index in [9.17, 15) is 0 Å². The van der Waals surface area contributed by atoms with E-state index in [2.05, 4.69) is 44.9 Å². The first-order valence-electron chi connectivity index (χ1n) is 5.57. The standard InChI is InChI=1S/C12H17BrN2/c1-10(13)11-5-8-15(9-6-11)12-4-2-3-7-14-12/h2-4,7,10-11H,5-6,8-9H2,1H3. The Morgan fingerprint density at radius 1 is 1.40 bits per heavy atom. The highest BCUT2D eigenvalue weighted by molar-refractivity contribution is 9.09. The molecule has 1 aromatic heterocycles. The van der Waals surface area contributed by atoms with E-state index in [4.69, 9.17) is 0 Å². The lowest BCUT2D eigenvalue weighted by atomic mass is 9.94. The van der Waals surface area contributed by atoms with Gasteiger partial charge in [-0.05, 0) is 30.9 Å². The SMILES string of the molecule is CC(Br)C1CCN(c2ccccn2)CC1. The highest BCUT2D eigenvalue weighted by Crippen LogP contribution is 2.26. The Bertz CT molecular complexity index is 292. The molecule has 2 rings (SSSR count). The van der Waals surface area contributed by atoms with Crippen molar-refractivity contribution in [2.24, 2.45) is 5.92 Å². The van der Waals surface area contributed by atoms with Gasteiger partial charge in [-0.25, -0.2) is 4.98 Å². The van der Waals surface area contributed by atoms with Gasteiger partial charge in [0.05, 0.1) is 0 Å². The summed E-state index contributed by atoms with van der Waals surface area (Å²) in [6.07, 6.45) is 4.40. The zero-order valence-corrected chi connectivity index (χ0v) is 10.7. The van der Waals surface area contributed by atoms with Gasteiger partial charge in [0.2, 0.25) is 0 Å². The van der Waals surface area contributed by atoms with Gasteiger partial charge in [0.1, 0.15) is 5.82 Å². The van der Waals surface area contributed by atoms with Gasteiger partial charge in [-0.3, -0.25) is 0 Å². The zero-order valence-electron chi connectivity index (χ0n) is 9.06. The van der Waals surface area contributed by atoms with Crippen molar-refractivity contribution in [1.82, 2.24) is 4.98 Å². The van der Waals surface area contributed by atoms with Crippen LogP contribution in [0.2, 0.25) is 0 Å². The van der Waals surface area contributed by atoms with Crippen molar-refractivity contribution in [3.05, 3.63) is 24.4 Å². The van der Waals surface area contributed by atoms with Gasteiger partial charge < -0.3 is 4.90 Å². The minimum absolute atomic E-state index is 0.642. The van der Waals surface area contributed by atoms with E-state index in [0.717, 1.165) is 24.8 Å². The number of nitrogens with zero attached hydrogens (tertiary/aromatic N) is 2. The summed E-state index contributed by atoms with van der Waals surface area (Å²) in [6, 6.07) is 6.12. The molecular formula is C12H17BrN2. The van der Waals surface area contributed by atoms with Crippen molar-refractivity contribution >= 4 is 21.7 Å². The van der Waals surface area contributed by atoms with Crippen LogP contribution < -0.4 is 4.90 Å². The average Bonchev–Trinajstić information content (AvgIpc) is 2.30. The molecule has 1 saturated heterocycles. The number of piperidine rings is 1. The highest BCUT2D eigenvalue weighted by Gasteiger charge is 2.22. The van der Waals surface area contributed by atoms with Crippen molar-refractivity contribution in [2.45, 2.75) is 24.6 Å². The molecule has 1 aromatic rings. The molecule has 0 spiro atoms. The third-order valence-corrected chi connectivity index (χ3v) is 3.91. The lowest BCUT2D eigenvalue weighted by Crippen LogP contribution is -2.36. The molecule has 1 aliphatic rings. The van der Waals surface area contributed by atoms with E-state index >= 15 is 0 Å². The number of hydrogen-bond acceptors (Lipinski definition) is 2. The lowest BCUT2D eigenvalue weighted by molar-refractivity contribution is 0.405. The number of anilines is 1. The van der Waals surface area contributed by atoms with Gasteiger partial charge in [0.15, 0.2) is 0 Å². The number of hydrogen-bond donors (Lipinski definition) is 0. The Morgan fingerprint density at radius 3 is 2.67 bits per heavy atom. The second-order valence-electron chi connectivity index (χ2n) is 4.19. The van der Waals surface area contributed by atoms with Crippen molar-refractivity contribution in [3.8, 4) is 0 Å². The van der Waals surface area contributed by atoms with E-state index in [1.807, 2.05) is 12.3 Å². The van der Waals surface area contributed by atoms with E-state index in [0.29, 0.717) is 4.83 Å². The molecule has 1 unspecified atom stereocenters. The maximum Gasteiger partial charge on any atom is 0.128 e. The lowest BCUT2D eigenvalue weighted by Gasteiger charge is -2.33. The number of rotatable bonds is 2. The van der Waals surface area contributed by atoms with E-state index < -0.39 is 0 Å². The molecule has 0 bridgehead atoms. The summed E-state index contributed by atoms with van der Waals surface area (Å²) >= 11 is 3.68. The Hall–Kier alpha value is -0.570. The fraction of sp³-hybridized carbons (Fsp3) is 0.583. The fourth-order valence-electron chi connectivity index (χ4n) is 2.13. The summed E-state index contributed by atoms with van der Waals surface area (Å²) in [4.78, 5) is 7.41. The van der Waals surface area contributed by atoms with Gasteiger partial charge >= 0.3 is 0 Å². The molecular weight excluding hydrogens is 252 g/mol. The first kappa shape index (κ1) is 10.9. The quantitative estimate of drug-likeness (QED) is 0.767. The minimum Gasteiger partial charge on any atom is -0.357 e. The molecule has 2 nitrogen and oxygen atoms in total. The van der Waals surface area contributed by atoms with Crippen LogP contribution in [0.1, 0.15) is 19.8 Å². The molecule has 0 saturated carbocycles. The van der Waals surface area contributed by atoms with Crippen LogP contribution in [0, 0.1) is 5.92 Å². The maximum atomic E-state index is 4.39. The molecule has 1 aliphatic heterocycles. The first-order chi connectivity index (χ1) is 7.27. The number of alkyl halides is 1. The summed E-state index contributed by atoms with van der Waals surface area (Å²) in [5, 5.41) is 0. The van der Waals surface area contributed by atoms with Crippen molar-refractivity contribution in [3.63, 3.8) is 0 Å². The summed E-state index contributed by atoms with van der Waals surface area (Å²) in [5.41, 5.74) is 0. The summed E-state index contributed by atoms with van der Waals surface area (Å²) in [5.74, 6) is 1.95.